The number of primary amides is 1. The summed E-state index contributed by atoms with van der Waals surface area (Å²) >= 11 is 1.72. The molecule has 0 fully saturated rings. The Morgan fingerprint density at radius 2 is 2.15 bits per heavy atom. The van der Waals surface area contributed by atoms with Crippen molar-refractivity contribution in [3.05, 3.63) is 0 Å². The van der Waals surface area contributed by atoms with Crippen molar-refractivity contribution in [3.8, 4) is 0 Å². The number of rotatable bonds is 6. The second-order valence-electron chi connectivity index (χ2n) is 2.50. The van der Waals surface area contributed by atoms with Crippen LogP contribution in [-0.4, -0.2) is 34.7 Å². The molecular formula is C7H17ClN2O2S. The van der Waals surface area contributed by atoms with Crippen LogP contribution in [0, 0.1) is 0 Å². The lowest BCUT2D eigenvalue weighted by atomic mass is 10.1. The van der Waals surface area contributed by atoms with E-state index in [1.54, 1.807) is 11.8 Å². The van der Waals surface area contributed by atoms with E-state index in [1.165, 1.54) is 0 Å². The number of halogens is 1. The molecule has 0 saturated carbocycles. The molecule has 0 saturated heterocycles. The highest BCUT2D eigenvalue weighted by atomic mass is 35.5. The Labute approximate surface area is 88.8 Å². The predicted molar refractivity (Wildman–Crippen MR) is 58.0 cm³/mol. The van der Waals surface area contributed by atoms with Crippen molar-refractivity contribution in [2.24, 2.45) is 11.5 Å². The molecule has 0 heterocycles. The maximum Gasteiger partial charge on any atom is 0.247 e. The van der Waals surface area contributed by atoms with Crippen LogP contribution in [0.4, 0.5) is 0 Å². The predicted octanol–water partition coefficient (Wildman–Crippen LogP) is -0.275. The summed E-state index contributed by atoms with van der Waals surface area (Å²) in [6, 6.07) is -0.526. The number of nitrogens with two attached hydrogens (primary N) is 2. The maximum absolute atomic E-state index is 10.5. The van der Waals surface area contributed by atoms with Crippen LogP contribution in [0.3, 0.4) is 0 Å². The van der Waals surface area contributed by atoms with Gasteiger partial charge in [0.2, 0.25) is 5.91 Å². The van der Waals surface area contributed by atoms with Gasteiger partial charge >= 0.3 is 0 Å². The van der Waals surface area contributed by atoms with Crippen molar-refractivity contribution in [3.63, 3.8) is 0 Å². The number of carbonyl (C=O) groups excluding carboxylic acids is 1. The van der Waals surface area contributed by atoms with E-state index in [1.807, 2.05) is 6.92 Å². The van der Waals surface area contributed by atoms with Gasteiger partial charge < -0.3 is 16.6 Å². The first-order chi connectivity index (χ1) is 5.59. The quantitative estimate of drug-likeness (QED) is 0.546. The molecule has 0 aromatic heterocycles. The van der Waals surface area contributed by atoms with E-state index >= 15 is 0 Å². The number of carbonyl (C=O) groups is 1. The van der Waals surface area contributed by atoms with Gasteiger partial charge in [-0.05, 0) is 17.9 Å². The Balaban J connectivity index is 0. The highest BCUT2D eigenvalue weighted by Crippen LogP contribution is 2.04. The van der Waals surface area contributed by atoms with Crippen molar-refractivity contribution in [2.45, 2.75) is 25.5 Å². The Hall–Kier alpha value is 0.0300. The Morgan fingerprint density at radius 1 is 1.62 bits per heavy atom. The van der Waals surface area contributed by atoms with E-state index in [-0.39, 0.29) is 12.4 Å². The van der Waals surface area contributed by atoms with Crippen LogP contribution in [-0.2, 0) is 4.79 Å². The smallest absolute Gasteiger partial charge is 0.247 e. The van der Waals surface area contributed by atoms with Crippen LogP contribution in [0.2, 0.25) is 0 Å². The lowest BCUT2D eigenvalue weighted by Crippen LogP contribution is -2.44. The molecule has 0 spiro atoms. The van der Waals surface area contributed by atoms with Crippen LogP contribution in [0.15, 0.2) is 0 Å². The largest absolute Gasteiger partial charge is 0.382 e. The van der Waals surface area contributed by atoms with E-state index in [9.17, 15) is 4.79 Å². The van der Waals surface area contributed by atoms with Crippen LogP contribution < -0.4 is 11.5 Å². The zero-order valence-corrected chi connectivity index (χ0v) is 9.24. The first-order valence-electron chi connectivity index (χ1n) is 3.90. The molecule has 5 N–H and O–H groups in total. The van der Waals surface area contributed by atoms with Gasteiger partial charge in [0.25, 0.3) is 0 Å². The molecule has 0 rings (SSSR count). The number of hydrogen-bond acceptors (Lipinski definition) is 4. The summed E-state index contributed by atoms with van der Waals surface area (Å²) in [5.74, 6) is 1.12. The molecule has 13 heavy (non-hydrogen) atoms. The highest BCUT2D eigenvalue weighted by molar-refractivity contribution is 7.99. The van der Waals surface area contributed by atoms with Gasteiger partial charge in [-0.1, -0.05) is 6.92 Å². The Kier molecular flexibility index (Phi) is 10.3. The zero-order valence-electron chi connectivity index (χ0n) is 7.60. The minimum atomic E-state index is -1.21. The fourth-order valence-corrected chi connectivity index (χ4v) is 1.46. The van der Waals surface area contributed by atoms with Crippen LogP contribution in [0.1, 0.15) is 13.3 Å². The van der Waals surface area contributed by atoms with Gasteiger partial charge in [0, 0.05) is 6.04 Å². The SMILES string of the molecule is CCSCCC(N)C(O)C(N)=O.Cl. The number of aliphatic hydroxyl groups is 1. The second kappa shape index (κ2) is 8.62. The molecule has 0 aliphatic heterocycles. The third kappa shape index (κ3) is 7.13. The molecule has 0 aromatic rings. The molecular weight excluding hydrogens is 212 g/mol. The molecule has 4 nitrogen and oxygen atoms in total. The van der Waals surface area contributed by atoms with Crippen molar-refractivity contribution >= 4 is 30.1 Å². The van der Waals surface area contributed by atoms with Crippen LogP contribution >= 0.6 is 24.2 Å². The fourth-order valence-electron chi connectivity index (χ4n) is 0.733. The lowest BCUT2D eigenvalue weighted by Gasteiger charge is -2.14. The first-order valence-corrected chi connectivity index (χ1v) is 5.05. The van der Waals surface area contributed by atoms with Gasteiger partial charge in [-0.15, -0.1) is 12.4 Å². The lowest BCUT2D eigenvalue weighted by molar-refractivity contribution is -0.126. The summed E-state index contributed by atoms with van der Waals surface area (Å²) in [6.45, 7) is 2.04. The summed E-state index contributed by atoms with van der Waals surface area (Å²) in [6.07, 6.45) is -0.592. The number of amides is 1. The molecule has 80 valence electrons. The summed E-state index contributed by atoms with van der Waals surface area (Å²) in [5.41, 5.74) is 10.4. The van der Waals surface area contributed by atoms with Gasteiger partial charge in [0.1, 0.15) is 6.10 Å². The maximum atomic E-state index is 10.5. The second-order valence-corrected chi connectivity index (χ2v) is 3.89. The average Bonchev–Trinajstić information content (AvgIpc) is 2.03. The van der Waals surface area contributed by atoms with Crippen molar-refractivity contribution in [1.82, 2.24) is 0 Å². The number of hydrogen-bond donors (Lipinski definition) is 3. The molecule has 0 aliphatic carbocycles. The molecule has 0 radical (unpaired) electrons. The number of aliphatic hydroxyl groups excluding tert-OH is 1. The van der Waals surface area contributed by atoms with E-state index in [4.69, 9.17) is 16.6 Å². The highest BCUT2D eigenvalue weighted by Gasteiger charge is 2.19. The summed E-state index contributed by atoms with van der Waals surface area (Å²) in [7, 11) is 0. The molecule has 2 atom stereocenters. The Bertz CT molecular complexity index is 148. The normalized spacial score (nSPS) is 14.4. The summed E-state index contributed by atoms with van der Waals surface area (Å²) in [5, 5.41) is 9.09. The van der Waals surface area contributed by atoms with E-state index in [2.05, 4.69) is 0 Å². The molecule has 6 heteroatoms. The topological polar surface area (TPSA) is 89.3 Å². The summed E-state index contributed by atoms with van der Waals surface area (Å²) < 4.78 is 0. The van der Waals surface area contributed by atoms with Gasteiger partial charge in [-0.2, -0.15) is 11.8 Å². The molecule has 1 amide bonds. The van der Waals surface area contributed by atoms with E-state index in [0.717, 1.165) is 11.5 Å². The first kappa shape index (κ1) is 15.5. The minimum Gasteiger partial charge on any atom is -0.382 e. The van der Waals surface area contributed by atoms with Crippen molar-refractivity contribution in [2.75, 3.05) is 11.5 Å². The van der Waals surface area contributed by atoms with E-state index in [0.29, 0.717) is 6.42 Å². The molecule has 2 unspecified atom stereocenters. The minimum absolute atomic E-state index is 0. The summed E-state index contributed by atoms with van der Waals surface area (Å²) in [4.78, 5) is 10.5. The van der Waals surface area contributed by atoms with Crippen LogP contribution in [0.5, 0.6) is 0 Å². The van der Waals surface area contributed by atoms with E-state index < -0.39 is 18.1 Å². The monoisotopic (exact) mass is 228 g/mol. The zero-order chi connectivity index (χ0) is 9.56. The molecule has 0 bridgehead atoms. The van der Waals surface area contributed by atoms with Gasteiger partial charge in [0.05, 0.1) is 0 Å². The Morgan fingerprint density at radius 3 is 2.54 bits per heavy atom. The number of thioether (sulfide) groups is 1. The molecule has 0 aromatic carbocycles. The van der Waals surface area contributed by atoms with Crippen molar-refractivity contribution in [1.29, 1.82) is 0 Å². The standard InChI is InChI=1S/C7H16N2O2S.ClH/c1-2-12-4-3-5(8)6(10)7(9)11;/h5-6,10H,2-4,8H2,1H3,(H2,9,11);1H. The van der Waals surface area contributed by atoms with Crippen molar-refractivity contribution < 1.29 is 9.90 Å². The average molecular weight is 229 g/mol. The van der Waals surface area contributed by atoms with Gasteiger partial charge in [-0.3, -0.25) is 4.79 Å². The third-order valence-electron chi connectivity index (χ3n) is 1.50. The fraction of sp³-hybridized carbons (Fsp3) is 0.857. The van der Waals surface area contributed by atoms with Gasteiger partial charge in [-0.25, -0.2) is 0 Å². The molecule has 0 aliphatic rings. The van der Waals surface area contributed by atoms with Gasteiger partial charge in [0.15, 0.2) is 0 Å². The third-order valence-corrected chi connectivity index (χ3v) is 2.43. The van der Waals surface area contributed by atoms with Crippen LogP contribution in [0.25, 0.3) is 0 Å².